The third kappa shape index (κ3) is 3.07. The normalized spacial score (nSPS) is 12.8. The van der Waals surface area contributed by atoms with E-state index in [1.165, 1.54) is 0 Å². The SMILES string of the molecule is Cc1ccc(C(Br)c2cc(Cl)c(Br)s2)c(Cl)c1. The molecule has 0 saturated carbocycles. The van der Waals surface area contributed by atoms with Gasteiger partial charge in [-0.15, -0.1) is 11.3 Å². The van der Waals surface area contributed by atoms with Crippen molar-refractivity contribution in [2.75, 3.05) is 0 Å². The third-order valence-electron chi connectivity index (χ3n) is 2.34. The van der Waals surface area contributed by atoms with Gasteiger partial charge >= 0.3 is 0 Å². The number of benzene rings is 1. The van der Waals surface area contributed by atoms with E-state index in [1.54, 1.807) is 11.3 Å². The zero-order chi connectivity index (χ0) is 12.6. The summed E-state index contributed by atoms with van der Waals surface area (Å²) in [4.78, 5) is 1.21. The number of hydrogen-bond acceptors (Lipinski definition) is 1. The largest absolute Gasteiger partial charge is 0.130 e. The molecule has 0 saturated heterocycles. The minimum absolute atomic E-state index is 0.0735. The van der Waals surface area contributed by atoms with Crippen LogP contribution in [0.15, 0.2) is 28.1 Å². The lowest BCUT2D eigenvalue weighted by molar-refractivity contribution is 1.22. The minimum Gasteiger partial charge on any atom is -0.130 e. The Bertz CT molecular complexity index is 532. The molecule has 0 amide bonds. The fourth-order valence-corrected chi connectivity index (χ4v) is 4.51. The summed E-state index contributed by atoms with van der Waals surface area (Å²) in [6.45, 7) is 2.03. The predicted molar refractivity (Wildman–Crippen MR) is 84.0 cm³/mol. The van der Waals surface area contributed by atoms with Gasteiger partial charge in [-0.25, -0.2) is 0 Å². The second-order valence-electron chi connectivity index (χ2n) is 3.66. The Morgan fingerprint density at radius 3 is 2.41 bits per heavy atom. The van der Waals surface area contributed by atoms with Crippen molar-refractivity contribution < 1.29 is 0 Å². The first-order chi connectivity index (χ1) is 7.99. The standard InChI is InChI=1S/C12H8Br2Cl2S/c1-6-2-3-7(8(15)4-6)11(13)10-5-9(16)12(14)17-10/h2-5,11H,1H3. The van der Waals surface area contributed by atoms with Crippen LogP contribution in [0.1, 0.15) is 20.8 Å². The van der Waals surface area contributed by atoms with Crippen molar-refractivity contribution in [1.82, 2.24) is 0 Å². The highest BCUT2D eigenvalue weighted by Crippen LogP contribution is 2.43. The van der Waals surface area contributed by atoms with Gasteiger partial charge in [0.05, 0.1) is 13.6 Å². The van der Waals surface area contributed by atoms with Gasteiger partial charge in [-0.1, -0.05) is 51.3 Å². The van der Waals surface area contributed by atoms with Crippen LogP contribution in [0.3, 0.4) is 0 Å². The van der Waals surface area contributed by atoms with Crippen LogP contribution in [0.5, 0.6) is 0 Å². The summed E-state index contributed by atoms with van der Waals surface area (Å²) in [5.41, 5.74) is 2.21. The van der Waals surface area contributed by atoms with Crippen LogP contribution >= 0.6 is 66.4 Å². The average molecular weight is 415 g/mol. The van der Waals surface area contributed by atoms with Crippen molar-refractivity contribution in [1.29, 1.82) is 0 Å². The Morgan fingerprint density at radius 1 is 1.18 bits per heavy atom. The van der Waals surface area contributed by atoms with Gasteiger partial charge in [0.15, 0.2) is 0 Å². The maximum Gasteiger partial charge on any atom is 0.0887 e. The first-order valence-electron chi connectivity index (χ1n) is 4.84. The molecular weight excluding hydrogens is 407 g/mol. The predicted octanol–water partition coefficient (Wildman–Crippen LogP) is 6.61. The summed E-state index contributed by atoms with van der Waals surface area (Å²) in [5, 5.41) is 1.50. The fourth-order valence-electron chi connectivity index (χ4n) is 1.48. The highest BCUT2D eigenvalue weighted by molar-refractivity contribution is 9.11. The van der Waals surface area contributed by atoms with E-state index in [-0.39, 0.29) is 4.83 Å². The highest BCUT2D eigenvalue weighted by atomic mass is 79.9. The van der Waals surface area contributed by atoms with Crippen LogP contribution in [0.4, 0.5) is 0 Å². The number of thiophene rings is 1. The molecule has 5 heteroatoms. The average Bonchev–Trinajstić information content (AvgIpc) is 2.58. The van der Waals surface area contributed by atoms with Crippen LogP contribution in [0, 0.1) is 6.92 Å². The molecule has 2 aromatic rings. The number of hydrogen-bond donors (Lipinski definition) is 0. The van der Waals surface area contributed by atoms with Gasteiger partial charge in [0.1, 0.15) is 0 Å². The molecule has 0 nitrogen and oxygen atoms in total. The Labute approximate surface area is 131 Å². The molecule has 0 radical (unpaired) electrons. The summed E-state index contributed by atoms with van der Waals surface area (Å²) in [6, 6.07) is 8.01. The maximum absolute atomic E-state index is 6.25. The molecule has 0 aliphatic heterocycles. The highest BCUT2D eigenvalue weighted by Gasteiger charge is 2.17. The van der Waals surface area contributed by atoms with Gasteiger partial charge in [-0.2, -0.15) is 0 Å². The molecule has 1 unspecified atom stereocenters. The molecule has 90 valence electrons. The fraction of sp³-hybridized carbons (Fsp3) is 0.167. The van der Waals surface area contributed by atoms with Crippen LogP contribution in [0.25, 0.3) is 0 Å². The first-order valence-corrected chi connectivity index (χ1v) is 8.12. The van der Waals surface area contributed by atoms with E-state index in [0.29, 0.717) is 0 Å². The van der Waals surface area contributed by atoms with Gasteiger partial charge in [0, 0.05) is 9.90 Å². The Kier molecular flexibility index (Phi) is 4.59. The van der Waals surface area contributed by atoms with E-state index in [1.807, 2.05) is 25.1 Å². The van der Waals surface area contributed by atoms with Crippen molar-refractivity contribution in [3.05, 3.63) is 54.1 Å². The summed E-state index contributed by atoms with van der Waals surface area (Å²) in [7, 11) is 0. The van der Waals surface area contributed by atoms with Crippen LogP contribution in [0.2, 0.25) is 10.0 Å². The van der Waals surface area contributed by atoms with E-state index in [9.17, 15) is 0 Å². The molecule has 0 aliphatic carbocycles. The summed E-state index contributed by atoms with van der Waals surface area (Å²) in [6.07, 6.45) is 0. The summed E-state index contributed by atoms with van der Waals surface area (Å²) < 4.78 is 0.946. The number of alkyl halides is 1. The second kappa shape index (κ2) is 5.62. The van der Waals surface area contributed by atoms with E-state index >= 15 is 0 Å². The second-order valence-corrected chi connectivity index (χ2v) is 7.79. The maximum atomic E-state index is 6.25. The topological polar surface area (TPSA) is 0 Å². The molecule has 0 spiro atoms. The molecule has 1 aromatic heterocycles. The smallest absolute Gasteiger partial charge is 0.0887 e. The zero-order valence-corrected chi connectivity index (χ0v) is 14.3. The monoisotopic (exact) mass is 412 g/mol. The van der Waals surface area contributed by atoms with E-state index in [2.05, 4.69) is 37.9 Å². The lowest BCUT2D eigenvalue weighted by Crippen LogP contribution is -1.91. The number of halogens is 4. The Morgan fingerprint density at radius 2 is 1.88 bits per heavy atom. The van der Waals surface area contributed by atoms with E-state index < -0.39 is 0 Å². The zero-order valence-electron chi connectivity index (χ0n) is 8.81. The Balaban J connectivity index is 2.39. The van der Waals surface area contributed by atoms with Crippen molar-refractivity contribution >= 4 is 66.4 Å². The van der Waals surface area contributed by atoms with Gasteiger partial charge in [-0.3, -0.25) is 0 Å². The molecule has 2 rings (SSSR count). The van der Waals surface area contributed by atoms with E-state index in [0.717, 1.165) is 29.8 Å². The molecule has 0 bridgehead atoms. The van der Waals surface area contributed by atoms with Crippen molar-refractivity contribution in [3.8, 4) is 0 Å². The van der Waals surface area contributed by atoms with Gasteiger partial charge < -0.3 is 0 Å². The molecule has 17 heavy (non-hydrogen) atoms. The van der Waals surface area contributed by atoms with Crippen LogP contribution in [-0.2, 0) is 0 Å². The number of rotatable bonds is 2. The third-order valence-corrected chi connectivity index (χ3v) is 6.50. The molecule has 1 heterocycles. The molecular formula is C12H8Br2Cl2S. The molecule has 1 atom stereocenters. The summed E-state index contributed by atoms with van der Waals surface area (Å²) >= 11 is 21.0. The lowest BCUT2D eigenvalue weighted by Gasteiger charge is -2.10. The minimum atomic E-state index is 0.0735. The molecule has 0 fully saturated rings. The van der Waals surface area contributed by atoms with Crippen molar-refractivity contribution in [3.63, 3.8) is 0 Å². The quantitative estimate of drug-likeness (QED) is 0.485. The lowest BCUT2D eigenvalue weighted by atomic mass is 10.1. The van der Waals surface area contributed by atoms with Crippen molar-refractivity contribution in [2.24, 2.45) is 0 Å². The Hall–Kier alpha value is 0.460. The molecule has 0 N–H and O–H groups in total. The molecule has 1 aromatic carbocycles. The molecule has 0 aliphatic rings. The van der Waals surface area contributed by atoms with Crippen LogP contribution < -0.4 is 0 Å². The van der Waals surface area contributed by atoms with E-state index in [4.69, 9.17) is 23.2 Å². The first kappa shape index (κ1) is 13.9. The van der Waals surface area contributed by atoms with Gasteiger partial charge in [0.2, 0.25) is 0 Å². The van der Waals surface area contributed by atoms with Gasteiger partial charge in [0.25, 0.3) is 0 Å². The number of aryl methyl sites for hydroxylation is 1. The summed E-state index contributed by atoms with van der Waals surface area (Å²) in [5.74, 6) is 0. The van der Waals surface area contributed by atoms with Crippen molar-refractivity contribution in [2.45, 2.75) is 11.8 Å². The van der Waals surface area contributed by atoms with Crippen LogP contribution in [-0.4, -0.2) is 0 Å². The van der Waals surface area contributed by atoms with Gasteiger partial charge in [-0.05, 0) is 46.1 Å².